The van der Waals surface area contributed by atoms with Crippen molar-refractivity contribution in [3.05, 3.63) is 70.3 Å². The fraction of sp³-hybridized carbons (Fsp3) is 0.400. The van der Waals surface area contributed by atoms with Crippen LogP contribution in [0.3, 0.4) is 0 Å². The normalized spacial score (nSPS) is 17.5. The number of aliphatic hydroxyl groups is 6. The summed E-state index contributed by atoms with van der Waals surface area (Å²) in [6.07, 6.45) is -11.6. The zero-order chi connectivity index (χ0) is 24.4. The zero-order valence-electron chi connectivity index (χ0n) is 16.2. The molecular formula is C20H20F6O6. The summed E-state index contributed by atoms with van der Waals surface area (Å²) < 4.78 is 81.2. The predicted octanol–water partition coefficient (Wildman–Crippen LogP) is 0.473. The Morgan fingerprint density at radius 1 is 0.656 bits per heavy atom. The van der Waals surface area contributed by atoms with Crippen LogP contribution in [0.1, 0.15) is 11.1 Å². The Labute approximate surface area is 177 Å². The van der Waals surface area contributed by atoms with Crippen molar-refractivity contribution < 1.29 is 57.0 Å². The van der Waals surface area contributed by atoms with Gasteiger partial charge >= 0.3 is 0 Å². The van der Waals surface area contributed by atoms with Gasteiger partial charge in [0.25, 0.3) is 0 Å². The van der Waals surface area contributed by atoms with E-state index in [1.54, 1.807) is 0 Å². The van der Waals surface area contributed by atoms with Crippen LogP contribution in [0.25, 0.3) is 0 Å². The SMILES string of the molecule is OC[C@H](O)[C@@H](O)[C@@](O)(Cc1ccc(F)c(F)c1F)[C@H](O)C(O)Cc1ccc(F)c(F)c1F. The third-order valence-corrected chi connectivity index (χ3v) is 5.07. The van der Waals surface area contributed by atoms with E-state index in [0.717, 1.165) is 6.07 Å². The van der Waals surface area contributed by atoms with Crippen LogP contribution >= 0.6 is 0 Å². The van der Waals surface area contributed by atoms with Gasteiger partial charge in [-0.25, -0.2) is 26.3 Å². The van der Waals surface area contributed by atoms with Gasteiger partial charge in [0.2, 0.25) is 0 Å². The molecular weight excluding hydrogens is 450 g/mol. The van der Waals surface area contributed by atoms with Crippen molar-refractivity contribution in [1.82, 2.24) is 0 Å². The number of rotatable bonds is 9. The maximum Gasteiger partial charge on any atom is 0.194 e. The first-order valence-corrected chi connectivity index (χ1v) is 9.15. The molecule has 0 aromatic heterocycles. The zero-order valence-corrected chi connectivity index (χ0v) is 16.2. The third kappa shape index (κ3) is 5.05. The molecule has 0 radical (unpaired) electrons. The molecule has 0 saturated carbocycles. The van der Waals surface area contributed by atoms with Gasteiger partial charge < -0.3 is 30.6 Å². The van der Waals surface area contributed by atoms with Crippen LogP contribution in [0.5, 0.6) is 0 Å². The van der Waals surface area contributed by atoms with E-state index in [-0.39, 0.29) is 0 Å². The average molecular weight is 470 g/mol. The van der Waals surface area contributed by atoms with Crippen molar-refractivity contribution in [3.63, 3.8) is 0 Å². The average Bonchev–Trinajstić information content (AvgIpc) is 2.77. The summed E-state index contributed by atoms with van der Waals surface area (Å²) in [5, 5.41) is 60.6. The standard InChI is InChI=1S/C20H20F6O6/c21-10-3-1-8(14(23)16(10)25)5-12(28)18(30)20(32,19(31)13(29)7-27)6-9-2-4-11(22)17(26)15(9)24/h1-4,12-13,18-19,27-32H,5-7H2/t12?,13-,18+,19+,20+/m0/s1. The molecule has 6 N–H and O–H groups in total. The lowest BCUT2D eigenvalue weighted by atomic mass is 9.78. The Morgan fingerprint density at radius 2 is 1.09 bits per heavy atom. The summed E-state index contributed by atoms with van der Waals surface area (Å²) in [5.41, 5.74) is -4.54. The Hall–Kier alpha value is -2.22. The molecule has 0 aliphatic carbocycles. The highest BCUT2D eigenvalue weighted by Crippen LogP contribution is 2.30. The van der Waals surface area contributed by atoms with Gasteiger partial charge in [-0.1, -0.05) is 12.1 Å². The number of hydrogen-bond donors (Lipinski definition) is 6. The highest BCUT2D eigenvalue weighted by atomic mass is 19.2. The molecule has 1 unspecified atom stereocenters. The van der Waals surface area contributed by atoms with Gasteiger partial charge in [-0.2, -0.15) is 0 Å². The molecule has 0 aliphatic rings. The van der Waals surface area contributed by atoms with Crippen molar-refractivity contribution in [1.29, 1.82) is 0 Å². The van der Waals surface area contributed by atoms with Crippen LogP contribution in [-0.2, 0) is 12.8 Å². The highest BCUT2D eigenvalue weighted by molar-refractivity contribution is 5.25. The molecule has 2 aromatic rings. The van der Waals surface area contributed by atoms with Crippen LogP contribution in [0.4, 0.5) is 26.3 Å². The first-order chi connectivity index (χ1) is 14.8. The van der Waals surface area contributed by atoms with Crippen LogP contribution in [0.15, 0.2) is 24.3 Å². The molecule has 0 fully saturated rings. The van der Waals surface area contributed by atoms with Gasteiger partial charge in [0, 0.05) is 12.8 Å². The van der Waals surface area contributed by atoms with E-state index >= 15 is 0 Å². The molecule has 0 aliphatic heterocycles. The molecule has 0 saturated heterocycles. The van der Waals surface area contributed by atoms with E-state index in [1.165, 1.54) is 0 Å². The number of benzene rings is 2. The minimum Gasteiger partial charge on any atom is -0.394 e. The molecule has 0 amide bonds. The quantitative estimate of drug-likeness (QED) is 0.234. The largest absolute Gasteiger partial charge is 0.394 e. The number of hydrogen-bond acceptors (Lipinski definition) is 6. The molecule has 0 heterocycles. The molecule has 32 heavy (non-hydrogen) atoms. The monoisotopic (exact) mass is 470 g/mol. The summed E-state index contributed by atoms with van der Waals surface area (Å²) in [6, 6.07) is 2.39. The van der Waals surface area contributed by atoms with Crippen LogP contribution in [0.2, 0.25) is 0 Å². The summed E-state index contributed by atoms with van der Waals surface area (Å²) in [5.74, 6) is -10.4. The summed E-state index contributed by atoms with van der Waals surface area (Å²) in [6.45, 7) is -1.18. The second-order valence-electron chi connectivity index (χ2n) is 7.25. The van der Waals surface area contributed by atoms with Crippen molar-refractivity contribution in [2.45, 2.75) is 42.9 Å². The van der Waals surface area contributed by atoms with Gasteiger partial charge in [0.1, 0.15) is 23.9 Å². The van der Waals surface area contributed by atoms with Crippen molar-refractivity contribution in [2.24, 2.45) is 0 Å². The molecule has 0 spiro atoms. The third-order valence-electron chi connectivity index (χ3n) is 5.07. The summed E-state index contributed by atoms with van der Waals surface area (Å²) in [7, 11) is 0. The molecule has 6 nitrogen and oxygen atoms in total. The van der Waals surface area contributed by atoms with Gasteiger partial charge in [-0.05, 0) is 23.3 Å². The lowest BCUT2D eigenvalue weighted by Gasteiger charge is -2.40. The lowest BCUT2D eigenvalue weighted by molar-refractivity contribution is -0.203. The smallest absolute Gasteiger partial charge is 0.194 e. The molecule has 12 heteroatoms. The van der Waals surface area contributed by atoms with Crippen molar-refractivity contribution in [2.75, 3.05) is 6.61 Å². The lowest BCUT2D eigenvalue weighted by Crippen LogP contribution is -2.62. The van der Waals surface area contributed by atoms with E-state index in [2.05, 4.69) is 0 Å². The first kappa shape index (κ1) is 26.0. The molecule has 2 rings (SSSR count). The Balaban J connectivity index is 2.43. The second-order valence-corrected chi connectivity index (χ2v) is 7.25. The van der Waals surface area contributed by atoms with Crippen molar-refractivity contribution in [3.8, 4) is 0 Å². The van der Waals surface area contributed by atoms with Crippen LogP contribution in [0, 0.1) is 34.9 Å². The van der Waals surface area contributed by atoms with Gasteiger partial charge in [-0.15, -0.1) is 0 Å². The maximum atomic E-state index is 14.1. The fourth-order valence-corrected chi connectivity index (χ4v) is 3.22. The molecule has 178 valence electrons. The Kier molecular flexibility index (Phi) is 8.26. The second kappa shape index (κ2) is 10.1. The van der Waals surface area contributed by atoms with Crippen LogP contribution < -0.4 is 0 Å². The number of halogens is 6. The van der Waals surface area contributed by atoms with E-state index in [1.807, 2.05) is 0 Å². The first-order valence-electron chi connectivity index (χ1n) is 9.15. The predicted molar refractivity (Wildman–Crippen MR) is 96.1 cm³/mol. The van der Waals surface area contributed by atoms with Gasteiger partial charge in [-0.3, -0.25) is 0 Å². The van der Waals surface area contributed by atoms with E-state index < -0.39 is 95.5 Å². The molecule has 2 aromatic carbocycles. The maximum absolute atomic E-state index is 14.1. The van der Waals surface area contributed by atoms with Crippen molar-refractivity contribution >= 4 is 0 Å². The van der Waals surface area contributed by atoms with E-state index in [0.29, 0.717) is 18.2 Å². The highest BCUT2D eigenvalue weighted by Gasteiger charge is 2.49. The van der Waals surface area contributed by atoms with E-state index in [9.17, 15) is 51.9 Å². The fourth-order valence-electron chi connectivity index (χ4n) is 3.22. The molecule has 5 atom stereocenters. The Morgan fingerprint density at radius 3 is 1.59 bits per heavy atom. The minimum atomic E-state index is -3.11. The summed E-state index contributed by atoms with van der Waals surface area (Å²) >= 11 is 0. The summed E-state index contributed by atoms with van der Waals surface area (Å²) in [4.78, 5) is 0. The minimum absolute atomic E-state index is 0.475. The van der Waals surface area contributed by atoms with E-state index in [4.69, 9.17) is 5.11 Å². The van der Waals surface area contributed by atoms with Gasteiger partial charge in [0.15, 0.2) is 34.9 Å². The van der Waals surface area contributed by atoms with Crippen LogP contribution in [-0.4, -0.2) is 67.3 Å². The topological polar surface area (TPSA) is 121 Å². The Bertz CT molecular complexity index is 961. The molecule has 0 bridgehead atoms. The van der Waals surface area contributed by atoms with Gasteiger partial charge in [0.05, 0.1) is 12.7 Å². The number of aliphatic hydroxyl groups excluding tert-OH is 5.